The second-order valence-corrected chi connectivity index (χ2v) is 11.2. The molecule has 3 nitrogen and oxygen atoms in total. The first kappa shape index (κ1) is 23.0. The molecule has 3 heterocycles. The summed E-state index contributed by atoms with van der Waals surface area (Å²) < 4.78 is 4.93. The highest BCUT2D eigenvalue weighted by Crippen LogP contribution is 2.40. The van der Waals surface area contributed by atoms with Gasteiger partial charge in [0.05, 0.1) is 17.6 Å². The number of fused-ring (bicyclic) bond motifs is 7. The third-order valence-corrected chi connectivity index (χ3v) is 8.86. The summed E-state index contributed by atoms with van der Waals surface area (Å²) in [7, 11) is 0. The largest absolute Gasteiger partial charge is 0.281 e. The molecular weight excluding hydrogens is 506 g/mol. The predicted molar refractivity (Wildman–Crippen MR) is 174 cm³/mol. The Bertz CT molecular complexity index is 2220. The minimum atomic E-state index is 0.564. The van der Waals surface area contributed by atoms with E-state index >= 15 is 0 Å². The van der Waals surface area contributed by atoms with Crippen molar-refractivity contribution in [1.29, 1.82) is 0 Å². The Balaban J connectivity index is 1.46. The lowest BCUT2D eigenvalue weighted by atomic mass is 10.1. The van der Waals surface area contributed by atoms with Crippen LogP contribution in [0.1, 0.15) is 0 Å². The van der Waals surface area contributed by atoms with E-state index < -0.39 is 0 Å². The van der Waals surface area contributed by atoms with Crippen molar-refractivity contribution in [2.24, 2.45) is 4.99 Å². The van der Waals surface area contributed by atoms with E-state index in [0.29, 0.717) is 6.54 Å². The normalized spacial score (nSPS) is 15.9. The molecule has 0 atom stereocenters. The minimum absolute atomic E-state index is 0.564. The van der Waals surface area contributed by atoms with Gasteiger partial charge in [0, 0.05) is 42.3 Å². The average molecular weight is 532 g/mol. The molecule has 0 saturated carbocycles. The third kappa shape index (κ3) is 3.54. The van der Waals surface area contributed by atoms with Crippen LogP contribution < -0.4 is 4.90 Å². The molecular formula is C36H25N3S. The maximum absolute atomic E-state index is 5.22. The summed E-state index contributed by atoms with van der Waals surface area (Å²) in [4.78, 5) is 7.42. The first-order valence-corrected chi connectivity index (χ1v) is 14.3. The van der Waals surface area contributed by atoms with Gasteiger partial charge in [0.15, 0.2) is 0 Å². The minimum Gasteiger partial charge on any atom is -0.281 e. The summed E-state index contributed by atoms with van der Waals surface area (Å²) >= 11 is 1.86. The summed E-state index contributed by atoms with van der Waals surface area (Å²) in [5.41, 5.74) is 4.15. The van der Waals surface area contributed by atoms with Gasteiger partial charge in [-0.25, -0.2) is 4.99 Å². The number of hydrogen-bond donors (Lipinski definition) is 0. The molecule has 0 N–H and O–H groups in total. The van der Waals surface area contributed by atoms with Crippen LogP contribution in [0.25, 0.3) is 52.8 Å². The molecule has 0 bridgehead atoms. The fourth-order valence-corrected chi connectivity index (χ4v) is 7.01. The van der Waals surface area contributed by atoms with Gasteiger partial charge >= 0.3 is 0 Å². The molecule has 0 radical (unpaired) electrons. The summed E-state index contributed by atoms with van der Waals surface area (Å²) in [5, 5.41) is 7.40. The lowest BCUT2D eigenvalue weighted by Gasteiger charge is -2.28. The van der Waals surface area contributed by atoms with Gasteiger partial charge in [-0.3, -0.25) is 9.47 Å². The van der Waals surface area contributed by atoms with Crippen molar-refractivity contribution in [3.8, 4) is 0 Å². The lowest BCUT2D eigenvalue weighted by molar-refractivity contribution is 1.09. The molecule has 7 aromatic rings. The van der Waals surface area contributed by atoms with Gasteiger partial charge in [0.25, 0.3) is 0 Å². The Hall–Kier alpha value is -4.93. The van der Waals surface area contributed by atoms with Crippen molar-refractivity contribution in [2.75, 3.05) is 11.4 Å². The molecule has 190 valence electrons. The molecule has 8 rings (SSSR count). The molecule has 0 aliphatic carbocycles. The van der Waals surface area contributed by atoms with Crippen molar-refractivity contribution in [3.63, 3.8) is 0 Å². The van der Waals surface area contributed by atoms with E-state index in [2.05, 4.69) is 131 Å². The number of hydrogen-bond acceptors (Lipinski definition) is 3. The Kier molecular flexibility index (Phi) is 5.22. The number of rotatable bonds is 1. The molecule has 1 aliphatic heterocycles. The number of thiophene rings is 1. The van der Waals surface area contributed by atoms with E-state index in [1.165, 1.54) is 41.7 Å². The molecule has 1 aliphatic rings. The molecule has 2 aromatic heterocycles. The van der Waals surface area contributed by atoms with Gasteiger partial charge in [0.2, 0.25) is 5.96 Å². The monoisotopic (exact) mass is 531 g/mol. The summed E-state index contributed by atoms with van der Waals surface area (Å²) in [5.74, 6) is 0.835. The van der Waals surface area contributed by atoms with Crippen LogP contribution in [-0.4, -0.2) is 17.1 Å². The average Bonchev–Trinajstić information content (AvgIpc) is 3.53. The third-order valence-electron chi connectivity index (χ3n) is 7.72. The molecule has 5 aromatic carbocycles. The van der Waals surface area contributed by atoms with E-state index in [0.717, 1.165) is 28.4 Å². The van der Waals surface area contributed by atoms with Crippen LogP contribution >= 0.6 is 11.3 Å². The van der Waals surface area contributed by atoms with Crippen LogP contribution in [0.4, 0.5) is 5.69 Å². The second kappa shape index (κ2) is 9.08. The number of aliphatic imine (C=N–C) groups is 1. The smallest absolute Gasteiger partial charge is 0.215 e. The topological polar surface area (TPSA) is 20.5 Å². The highest BCUT2D eigenvalue weighted by Gasteiger charge is 2.24. The molecule has 4 heteroatoms. The zero-order valence-corrected chi connectivity index (χ0v) is 22.6. The summed E-state index contributed by atoms with van der Waals surface area (Å²) in [6.07, 6.45) is 8.24. The number of benzene rings is 5. The van der Waals surface area contributed by atoms with Crippen LogP contribution in [-0.2, 0) is 0 Å². The Labute approximate surface area is 235 Å². The van der Waals surface area contributed by atoms with E-state index in [-0.39, 0.29) is 0 Å². The fraction of sp³-hybridized carbons (Fsp3) is 0.0278. The highest BCUT2D eigenvalue weighted by atomic mass is 32.1. The predicted octanol–water partition coefficient (Wildman–Crippen LogP) is 9.67. The molecule has 0 saturated heterocycles. The molecule has 0 amide bonds. The standard InChI is InChI=1S/C36H25N3S/c1-24-11-3-2-10-20-37-36(38(24)27-19-18-25-12-4-5-13-26(25)21-27)39-32-16-8-6-14-28(32)30-23-35-31(22-33(30)39)29-15-7-9-17-34(29)40-35/h2-19,21-23H,1,20H2/b10-2-,11-3-,37-36?. The van der Waals surface area contributed by atoms with Crippen LogP contribution in [0.3, 0.4) is 0 Å². The van der Waals surface area contributed by atoms with Crippen molar-refractivity contribution >= 4 is 75.7 Å². The van der Waals surface area contributed by atoms with Gasteiger partial charge in [0.1, 0.15) is 0 Å². The molecule has 0 unspecified atom stereocenters. The maximum Gasteiger partial charge on any atom is 0.215 e. The number of aromatic nitrogens is 1. The first-order chi connectivity index (χ1) is 19.8. The SMILES string of the molecule is C=C1/C=C\C=C/CN=C(n2c3ccccc3c3cc4sc5ccccc5c4cc32)N1c1ccc2ccccc2c1. The number of allylic oxidation sites excluding steroid dienone is 3. The van der Waals surface area contributed by atoms with Crippen molar-refractivity contribution in [1.82, 2.24) is 4.57 Å². The van der Waals surface area contributed by atoms with Crippen LogP contribution in [0.2, 0.25) is 0 Å². The number of para-hydroxylation sites is 1. The van der Waals surface area contributed by atoms with E-state index in [1.807, 2.05) is 23.5 Å². The van der Waals surface area contributed by atoms with Gasteiger partial charge in [-0.1, -0.05) is 91.5 Å². The second-order valence-electron chi connectivity index (χ2n) is 10.1. The summed E-state index contributed by atoms with van der Waals surface area (Å²) in [6, 6.07) is 37.1. The van der Waals surface area contributed by atoms with Crippen molar-refractivity contribution in [3.05, 3.63) is 140 Å². The summed E-state index contributed by atoms with van der Waals surface area (Å²) in [6.45, 7) is 5.08. The Morgan fingerprint density at radius 1 is 0.650 bits per heavy atom. The molecule has 0 fully saturated rings. The van der Waals surface area contributed by atoms with Crippen LogP contribution in [0.15, 0.2) is 145 Å². The molecule has 40 heavy (non-hydrogen) atoms. The van der Waals surface area contributed by atoms with Crippen molar-refractivity contribution in [2.45, 2.75) is 0 Å². The van der Waals surface area contributed by atoms with Crippen LogP contribution in [0, 0.1) is 0 Å². The van der Waals surface area contributed by atoms with Gasteiger partial charge in [-0.05, 0) is 53.2 Å². The lowest BCUT2D eigenvalue weighted by Crippen LogP contribution is -2.35. The highest BCUT2D eigenvalue weighted by molar-refractivity contribution is 7.25. The van der Waals surface area contributed by atoms with E-state index in [4.69, 9.17) is 4.99 Å². The van der Waals surface area contributed by atoms with E-state index in [1.54, 1.807) is 0 Å². The zero-order valence-electron chi connectivity index (χ0n) is 21.8. The van der Waals surface area contributed by atoms with Gasteiger partial charge in [-0.15, -0.1) is 11.3 Å². The Morgan fingerprint density at radius 2 is 1.45 bits per heavy atom. The van der Waals surface area contributed by atoms with Crippen molar-refractivity contribution < 1.29 is 0 Å². The Morgan fingerprint density at radius 3 is 2.38 bits per heavy atom. The van der Waals surface area contributed by atoms with Gasteiger partial charge < -0.3 is 0 Å². The molecule has 0 spiro atoms. The van der Waals surface area contributed by atoms with Gasteiger partial charge in [-0.2, -0.15) is 0 Å². The quantitative estimate of drug-likeness (QED) is 0.206. The number of anilines is 1. The van der Waals surface area contributed by atoms with E-state index in [9.17, 15) is 0 Å². The zero-order chi connectivity index (χ0) is 26.6. The first-order valence-electron chi connectivity index (χ1n) is 13.5. The number of nitrogens with zero attached hydrogens (tertiary/aromatic N) is 3. The van der Waals surface area contributed by atoms with Crippen LogP contribution in [0.5, 0.6) is 0 Å². The maximum atomic E-state index is 5.22. The fourth-order valence-electron chi connectivity index (χ4n) is 5.88.